The van der Waals surface area contributed by atoms with Gasteiger partial charge in [-0.3, -0.25) is 4.79 Å². The second-order valence-electron chi connectivity index (χ2n) is 6.03. The van der Waals surface area contributed by atoms with E-state index >= 15 is 0 Å². The molecule has 0 unspecified atom stereocenters. The van der Waals surface area contributed by atoms with E-state index in [0.717, 1.165) is 17.1 Å². The molecule has 0 bridgehead atoms. The van der Waals surface area contributed by atoms with Crippen LogP contribution in [0.1, 0.15) is 12.0 Å². The molecule has 2 heterocycles. The Morgan fingerprint density at radius 1 is 1.44 bits per heavy atom. The van der Waals surface area contributed by atoms with E-state index in [1.54, 1.807) is 18.1 Å². The van der Waals surface area contributed by atoms with Crippen LogP contribution in [0.4, 0.5) is 10.2 Å². The van der Waals surface area contributed by atoms with Gasteiger partial charge in [-0.2, -0.15) is 4.98 Å². The predicted molar refractivity (Wildman–Crippen MR) is 100 cm³/mol. The van der Waals surface area contributed by atoms with E-state index in [1.807, 2.05) is 18.2 Å². The molecule has 142 valence electrons. The molecule has 0 aliphatic carbocycles. The highest BCUT2D eigenvalue weighted by Crippen LogP contribution is 2.24. The normalized spacial score (nSPS) is 10.9. The van der Waals surface area contributed by atoms with E-state index < -0.39 is 11.8 Å². The number of carboxylic acids is 1. The number of benzene rings is 1. The molecule has 0 amide bonds. The van der Waals surface area contributed by atoms with E-state index in [1.165, 1.54) is 0 Å². The molecule has 0 atom stereocenters. The fourth-order valence-corrected chi connectivity index (χ4v) is 2.89. The summed E-state index contributed by atoms with van der Waals surface area (Å²) in [6.45, 7) is 0.926. The maximum Gasteiger partial charge on any atom is 0.307 e. The lowest BCUT2D eigenvalue weighted by atomic mass is 10.1. The largest absolute Gasteiger partial charge is 0.494 e. The van der Waals surface area contributed by atoms with Crippen LogP contribution in [0, 0.1) is 5.82 Å². The summed E-state index contributed by atoms with van der Waals surface area (Å²) in [5.74, 6) is -0.635. The quantitative estimate of drug-likeness (QED) is 0.451. The van der Waals surface area contributed by atoms with Crippen molar-refractivity contribution < 1.29 is 19.0 Å². The van der Waals surface area contributed by atoms with Crippen molar-refractivity contribution in [3.05, 3.63) is 47.3 Å². The number of nitrogens with zero attached hydrogens (tertiary/aromatic N) is 3. The van der Waals surface area contributed by atoms with Gasteiger partial charge in [0.1, 0.15) is 5.75 Å². The first-order chi connectivity index (χ1) is 12.9. The van der Waals surface area contributed by atoms with Gasteiger partial charge in [0, 0.05) is 30.7 Å². The van der Waals surface area contributed by atoms with E-state index in [2.05, 4.69) is 15.0 Å². The van der Waals surface area contributed by atoms with E-state index in [4.69, 9.17) is 21.4 Å². The van der Waals surface area contributed by atoms with Crippen LogP contribution < -0.4 is 9.64 Å². The van der Waals surface area contributed by atoms with Crippen LogP contribution >= 0.6 is 11.6 Å². The Hall–Kier alpha value is -2.87. The summed E-state index contributed by atoms with van der Waals surface area (Å²) in [6, 6.07) is 5.48. The average molecular weight is 393 g/mol. The van der Waals surface area contributed by atoms with Crippen molar-refractivity contribution in [2.24, 2.45) is 0 Å². The van der Waals surface area contributed by atoms with Gasteiger partial charge in [0.05, 0.1) is 19.2 Å². The molecule has 0 saturated carbocycles. The molecule has 3 aromatic rings. The molecule has 27 heavy (non-hydrogen) atoms. The summed E-state index contributed by atoms with van der Waals surface area (Å²) in [5, 5.41) is 9.79. The number of halogens is 2. The SMILES string of the molecule is CN(CCCOc1ccc2[nH]cc(CC(=O)O)c2c1)c1nc(Cl)ncc1F. The van der Waals surface area contributed by atoms with Gasteiger partial charge in [-0.05, 0) is 41.8 Å². The van der Waals surface area contributed by atoms with Crippen LogP contribution in [0.3, 0.4) is 0 Å². The molecule has 0 spiro atoms. The third-order valence-electron chi connectivity index (χ3n) is 4.04. The van der Waals surface area contributed by atoms with Crippen molar-refractivity contribution in [1.29, 1.82) is 0 Å². The maximum absolute atomic E-state index is 13.7. The summed E-state index contributed by atoms with van der Waals surface area (Å²) in [6.07, 6.45) is 3.31. The molecule has 0 radical (unpaired) electrons. The van der Waals surface area contributed by atoms with Gasteiger partial charge in [0.2, 0.25) is 5.28 Å². The third kappa shape index (κ3) is 4.65. The lowest BCUT2D eigenvalue weighted by Crippen LogP contribution is -2.22. The number of carboxylic acid groups (broad SMARTS) is 1. The van der Waals surface area contributed by atoms with E-state index in [-0.39, 0.29) is 17.5 Å². The molecule has 9 heteroatoms. The van der Waals surface area contributed by atoms with Crippen molar-refractivity contribution in [3.8, 4) is 5.75 Å². The zero-order valence-corrected chi connectivity index (χ0v) is 15.3. The summed E-state index contributed by atoms with van der Waals surface area (Å²) < 4.78 is 19.5. The average Bonchev–Trinajstić information content (AvgIpc) is 3.02. The van der Waals surface area contributed by atoms with E-state index in [0.29, 0.717) is 30.9 Å². The number of H-pyrrole nitrogens is 1. The Morgan fingerprint density at radius 2 is 2.26 bits per heavy atom. The smallest absolute Gasteiger partial charge is 0.307 e. The second kappa shape index (κ2) is 8.22. The van der Waals surface area contributed by atoms with Crippen LogP contribution in [0.2, 0.25) is 5.28 Å². The number of ether oxygens (including phenoxy) is 1. The van der Waals surface area contributed by atoms with Crippen LogP contribution in [0.5, 0.6) is 5.75 Å². The monoisotopic (exact) mass is 392 g/mol. The molecule has 0 saturated heterocycles. The fraction of sp³-hybridized carbons (Fsp3) is 0.278. The highest BCUT2D eigenvalue weighted by molar-refractivity contribution is 6.28. The number of carbonyl (C=O) groups is 1. The molecule has 2 N–H and O–H groups in total. The number of aromatic nitrogens is 3. The third-order valence-corrected chi connectivity index (χ3v) is 4.23. The number of fused-ring (bicyclic) bond motifs is 1. The van der Waals surface area contributed by atoms with Gasteiger partial charge in [-0.15, -0.1) is 0 Å². The predicted octanol–water partition coefficient (Wildman–Crippen LogP) is 3.28. The number of anilines is 1. The van der Waals surface area contributed by atoms with Crippen LogP contribution in [0.25, 0.3) is 10.9 Å². The first kappa shape index (κ1) is 18.9. The number of rotatable bonds is 8. The zero-order chi connectivity index (χ0) is 19.4. The minimum atomic E-state index is -0.887. The zero-order valence-electron chi connectivity index (χ0n) is 14.6. The lowest BCUT2D eigenvalue weighted by Gasteiger charge is -2.18. The van der Waals surface area contributed by atoms with Gasteiger partial charge in [0.15, 0.2) is 11.6 Å². The van der Waals surface area contributed by atoms with Crippen LogP contribution in [0.15, 0.2) is 30.6 Å². The van der Waals surface area contributed by atoms with Crippen molar-refractivity contribution >= 4 is 34.3 Å². The summed E-state index contributed by atoms with van der Waals surface area (Å²) >= 11 is 5.71. The standard InChI is InChI=1S/C18H18ClFN4O3/c1-24(17-14(20)10-22-18(19)23-17)5-2-6-27-12-3-4-15-13(8-12)11(9-21-15)7-16(25)26/h3-4,8-10,21H,2,5-7H2,1H3,(H,25,26). The fourth-order valence-electron chi connectivity index (χ4n) is 2.76. The lowest BCUT2D eigenvalue weighted by molar-refractivity contribution is -0.136. The van der Waals surface area contributed by atoms with Gasteiger partial charge in [0.25, 0.3) is 0 Å². The second-order valence-corrected chi connectivity index (χ2v) is 6.36. The van der Waals surface area contributed by atoms with Gasteiger partial charge < -0.3 is 19.7 Å². The summed E-state index contributed by atoms with van der Waals surface area (Å²) in [4.78, 5) is 23.1. The molecule has 0 aliphatic rings. The molecule has 7 nitrogen and oxygen atoms in total. The number of nitrogens with one attached hydrogen (secondary N) is 1. The Balaban J connectivity index is 1.57. The minimum Gasteiger partial charge on any atom is -0.494 e. The minimum absolute atomic E-state index is 0.00790. The molecule has 0 fully saturated rings. The Bertz CT molecular complexity index is 963. The molecule has 2 aromatic heterocycles. The first-order valence-electron chi connectivity index (χ1n) is 8.28. The number of aromatic amines is 1. The molecular formula is C18H18ClFN4O3. The molecular weight excluding hydrogens is 375 g/mol. The topological polar surface area (TPSA) is 91.3 Å². The Labute approximate surface area is 159 Å². The highest BCUT2D eigenvalue weighted by Gasteiger charge is 2.11. The Morgan fingerprint density at radius 3 is 3.04 bits per heavy atom. The van der Waals surface area contributed by atoms with Crippen molar-refractivity contribution in [2.45, 2.75) is 12.8 Å². The molecule has 3 rings (SSSR count). The molecule has 1 aromatic carbocycles. The van der Waals surface area contributed by atoms with Crippen LogP contribution in [-0.4, -0.2) is 46.2 Å². The van der Waals surface area contributed by atoms with Gasteiger partial charge in [-0.25, -0.2) is 9.37 Å². The summed E-state index contributed by atoms with van der Waals surface area (Å²) in [7, 11) is 1.71. The molecule has 0 aliphatic heterocycles. The van der Waals surface area contributed by atoms with Gasteiger partial charge >= 0.3 is 5.97 Å². The van der Waals surface area contributed by atoms with Crippen molar-refractivity contribution in [2.75, 3.05) is 25.1 Å². The maximum atomic E-state index is 13.7. The van der Waals surface area contributed by atoms with Crippen LogP contribution in [-0.2, 0) is 11.2 Å². The highest BCUT2D eigenvalue weighted by atomic mass is 35.5. The summed E-state index contributed by atoms with van der Waals surface area (Å²) in [5.41, 5.74) is 1.56. The number of hydrogen-bond donors (Lipinski definition) is 2. The Kier molecular flexibility index (Phi) is 5.75. The number of aliphatic carboxylic acids is 1. The van der Waals surface area contributed by atoms with Gasteiger partial charge in [-0.1, -0.05) is 0 Å². The van der Waals surface area contributed by atoms with Crippen molar-refractivity contribution in [1.82, 2.24) is 15.0 Å². The van der Waals surface area contributed by atoms with Crippen molar-refractivity contribution in [3.63, 3.8) is 0 Å². The number of hydrogen-bond acceptors (Lipinski definition) is 5. The van der Waals surface area contributed by atoms with E-state index in [9.17, 15) is 9.18 Å². The first-order valence-corrected chi connectivity index (χ1v) is 8.65.